The van der Waals surface area contributed by atoms with E-state index in [4.69, 9.17) is 11.6 Å². The third kappa shape index (κ3) is 3.58. The van der Waals surface area contributed by atoms with E-state index in [1.165, 1.54) is 17.5 Å². The lowest BCUT2D eigenvalue weighted by Crippen LogP contribution is -2.51. The number of piperidine rings is 1. The van der Waals surface area contributed by atoms with Gasteiger partial charge < -0.3 is 4.90 Å². The molecule has 0 aliphatic carbocycles. The maximum atomic E-state index is 12.8. The Bertz CT molecular complexity index is 776. The van der Waals surface area contributed by atoms with E-state index in [1.807, 2.05) is 23.1 Å². The van der Waals surface area contributed by atoms with E-state index < -0.39 is 0 Å². The Morgan fingerprint density at radius 2 is 1.88 bits per heavy atom. The summed E-state index contributed by atoms with van der Waals surface area (Å²) in [6.45, 7) is 3.74. The summed E-state index contributed by atoms with van der Waals surface area (Å²) < 4.78 is 0. The van der Waals surface area contributed by atoms with E-state index >= 15 is 0 Å². The number of halogens is 1. The summed E-state index contributed by atoms with van der Waals surface area (Å²) >= 11 is 6.05. The average Bonchev–Trinajstić information content (AvgIpc) is 2.67. The topological polar surface area (TPSA) is 23.6 Å². The summed E-state index contributed by atoms with van der Waals surface area (Å²) in [5, 5.41) is 0.618. The molecule has 0 saturated carbocycles. The predicted octanol–water partition coefficient (Wildman–Crippen LogP) is 4.00. The van der Waals surface area contributed by atoms with E-state index in [9.17, 15) is 4.79 Å². The Hall–Kier alpha value is -1.84. The highest BCUT2D eigenvalue weighted by Crippen LogP contribution is 2.25. The minimum Gasteiger partial charge on any atom is -0.337 e. The third-order valence-electron chi connectivity index (χ3n) is 5.43. The Morgan fingerprint density at radius 1 is 1.04 bits per heavy atom. The second-order valence-electron chi connectivity index (χ2n) is 7.05. The normalized spacial score (nSPS) is 21.0. The predicted molar refractivity (Wildman–Crippen MR) is 101 cm³/mol. The Balaban J connectivity index is 1.46. The van der Waals surface area contributed by atoms with Crippen molar-refractivity contribution in [3.63, 3.8) is 0 Å². The molecule has 25 heavy (non-hydrogen) atoms. The number of rotatable bonds is 2. The van der Waals surface area contributed by atoms with Gasteiger partial charge in [0, 0.05) is 42.8 Å². The van der Waals surface area contributed by atoms with Crippen LogP contribution in [0.3, 0.4) is 0 Å². The molecule has 2 aromatic rings. The first-order valence-electron chi connectivity index (χ1n) is 9.06. The van der Waals surface area contributed by atoms with Crippen LogP contribution in [0, 0.1) is 0 Å². The number of carbonyl (C=O) groups is 1. The molecule has 0 unspecified atom stereocenters. The Morgan fingerprint density at radius 3 is 2.72 bits per heavy atom. The van der Waals surface area contributed by atoms with Crippen molar-refractivity contribution in [2.24, 2.45) is 0 Å². The number of fused-ring (bicyclic) bond motifs is 1. The van der Waals surface area contributed by atoms with Crippen LogP contribution in [0.4, 0.5) is 0 Å². The third-order valence-corrected chi connectivity index (χ3v) is 5.67. The van der Waals surface area contributed by atoms with Crippen molar-refractivity contribution in [3.05, 3.63) is 70.2 Å². The molecule has 2 aliphatic heterocycles. The van der Waals surface area contributed by atoms with Gasteiger partial charge in [0.1, 0.15) is 0 Å². The van der Waals surface area contributed by atoms with Crippen LogP contribution in [-0.2, 0) is 13.0 Å². The lowest BCUT2D eigenvalue weighted by Gasteiger charge is -2.41. The highest BCUT2D eigenvalue weighted by Gasteiger charge is 2.30. The van der Waals surface area contributed by atoms with Crippen molar-refractivity contribution in [1.29, 1.82) is 0 Å². The number of hydrogen-bond donors (Lipinski definition) is 0. The quantitative estimate of drug-likeness (QED) is 0.813. The fourth-order valence-electron chi connectivity index (χ4n) is 4.07. The zero-order valence-corrected chi connectivity index (χ0v) is 15.1. The number of amides is 1. The highest BCUT2D eigenvalue weighted by atomic mass is 35.5. The first-order chi connectivity index (χ1) is 12.2. The summed E-state index contributed by atoms with van der Waals surface area (Å²) in [6, 6.07) is 16.5. The highest BCUT2D eigenvalue weighted by molar-refractivity contribution is 6.30. The van der Waals surface area contributed by atoms with Gasteiger partial charge in [-0.15, -0.1) is 0 Å². The summed E-state index contributed by atoms with van der Waals surface area (Å²) in [5.74, 6) is 0.101. The average molecular weight is 355 g/mol. The van der Waals surface area contributed by atoms with E-state index in [1.54, 1.807) is 6.07 Å². The molecule has 0 N–H and O–H groups in total. The summed E-state index contributed by atoms with van der Waals surface area (Å²) in [5.41, 5.74) is 3.60. The zero-order valence-electron chi connectivity index (χ0n) is 14.3. The van der Waals surface area contributed by atoms with Crippen molar-refractivity contribution in [1.82, 2.24) is 9.80 Å². The van der Waals surface area contributed by atoms with E-state index in [2.05, 4.69) is 29.2 Å². The van der Waals surface area contributed by atoms with Crippen LogP contribution in [-0.4, -0.2) is 41.4 Å². The molecule has 1 atom stereocenters. The van der Waals surface area contributed by atoms with Gasteiger partial charge in [0.25, 0.3) is 5.91 Å². The second kappa shape index (κ2) is 7.19. The summed E-state index contributed by atoms with van der Waals surface area (Å²) in [4.78, 5) is 17.4. The molecule has 3 nitrogen and oxygen atoms in total. The van der Waals surface area contributed by atoms with Gasteiger partial charge in [-0.25, -0.2) is 0 Å². The van der Waals surface area contributed by atoms with Crippen LogP contribution in [0.25, 0.3) is 0 Å². The molecule has 2 aromatic carbocycles. The fraction of sp³-hybridized carbons (Fsp3) is 0.381. The minimum atomic E-state index is 0.101. The number of likely N-dealkylation sites (tertiary alicyclic amines) is 1. The molecule has 0 aromatic heterocycles. The van der Waals surface area contributed by atoms with Gasteiger partial charge in [0.05, 0.1) is 0 Å². The van der Waals surface area contributed by atoms with E-state index in [0.717, 1.165) is 39.0 Å². The van der Waals surface area contributed by atoms with Gasteiger partial charge in [-0.05, 0) is 48.6 Å². The second-order valence-corrected chi connectivity index (χ2v) is 7.48. The van der Waals surface area contributed by atoms with Crippen LogP contribution in [0.2, 0.25) is 5.02 Å². The maximum absolute atomic E-state index is 12.8. The standard InChI is InChI=1S/C21H23ClN2O/c22-19-8-3-7-17(13-19)21(25)24-11-4-9-20(15-24)23-12-10-16-5-1-2-6-18(16)14-23/h1-3,5-8,13,20H,4,9-12,14-15H2/t20-/m0/s1. The lowest BCUT2D eigenvalue weighted by atomic mass is 9.96. The van der Waals surface area contributed by atoms with Gasteiger partial charge in [-0.1, -0.05) is 41.9 Å². The van der Waals surface area contributed by atoms with Crippen LogP contribution >= 0.6 is 11.6 Å². The molecule has 0 spiro atoms. The first-order valence-corrected chi connectivity index (χ1v) is 9.44. The van der Waals surface area contributed by atoms with Gasteiger partial charge in [0.15, 0.2) is 0 Å². The van der Waals surface area contributed by atoms with Crippen molar-refractivity contribution < 1.29 is 4.79 Å². The Labute approximate surface area is 154 Å². The molecule has 4 rings (SSSR count). The molecule has 2 aliphatic rings. The fourth-order valence-corrected chi connectivity index (χ4v) is 4.26. The van der Waals surface area contributed by atoms with Crippen molar-refractivity contribution in [3.8, 4) is 0 Å². The van der Waals surface area contributed by atoms with Crippen LogP contribution in [0.5, 0.6) is 0 Å². The molecule has 1 fully saturated rings. The van der Waals surface area contributed by atoms with Crippen molar-refractivity contribution in [2.45, 2.75) is 31.8 Å². The zero-order chi connectivity index (χ0) is 17.2. The van der Waals surface area contributed by atoms with Crippen LogP contribution in [0.15, 0.2) is 48.5 Å². The monoisotopic (exact) mass is 354 g/mol. The molecule has 4 heteroatoms. The van der Waals surface area contributed by atoms with Gasteiger partial charge in [0.2, 0.25) is 0 Å². The molecule has 1 saturated heterocycles. The number of carbonyl (C=O) groups excluding carboxylic acids is 1. The molecule has 0 radical (unpaired) electrons. The largest absolute Gasteiger partial charge is 0.337 e. The van der Waals surface area contributed by atoms with E-state index in [0.29, 0.717) is 16.6 Å². The van der Waals surface area contributed by atoms with Crippen LogP contribution < -0.4 is 0 Å². The molecule has 0 bridgehead atoms. The lowest BCUT2D eigenvalue weighted by molar-refractivity contribution is 0.0549. The molecule has 1 amide bonds. The van der Waals surface area contributed by atoms with Crippen molar-refractivity contribution >= 4 is 17.5 Å². The summed E-state index contributed by atoms with van der Waals surface area (Å²) in [6.07, 6.45) is 3.34. The van der Waals surface area contributed by atoms with Crippen LogP contribution in [0.1, 0.15) is 34.3 Å². The molecular weight excluding hydrogens is 332 g/mol. The number of benzene rings is 2. The van der Waals surface area contributed by atoms with Gasteiger partial charge >= 0.3 is 0 Å². The summed E-state index contributed by atoms with van der Waals surface area (Å²) in [7, 11) is 0. The molecule has 130 valence electrons. The molecular formula is C21H23ClN2O. The van der Waals surface area contributed by atoms with E-state index in [-0.39, 0.29) is 5.91 Å². The number of nitrogens with zero attached hydrogens (tertiary/aromatic N) is 2. The van der Waals surface area contributed by atoms with Gasteiger partial charge in [-0.2, -0.15) is 0 Å². The van der Waals surface area contributed by atoms with Gasteiger partial charge in [-0.3, -0.25) is 9.69 Å². The minimum absolute atomic E-state index is 0.101. The van der Waals surface area contributed by atoms with Crippen molar-refractivity contribution in [2.75, 3.05) is 19.6 Å². The first kappa shape index (κ1) is 16.6. The SMILES string of the molecule is O=C(c1cccc(Cl)c1)N1CCC[C@H](N2CCc3ccccc3C2)C1. The smallest absolute Gasteiger partial charge is 0.253 e. The number of hydrogen-bond acceptors (Lipinski definition) is 2. The maximum Gasteiger partial charge on any atom is 0.253 e. The Kier molecular flexibility index (Phi) is 4.78. The molecule has 2 heterocycles.